The highest BCUT2D eigenvalue weighted by Gasteiger charge is 2.62. The van der Waals surface area contributed by atoms with Gasteiger partial charge in [0.25, 0.3) is 0 Å². The van der Waals surface area contributed by atoms with Crippen molar-refractivity contribution in [3.05, 3.63) is 24.3 Å². The lowest BCUT2D eigenvalue weighted by Crippen LogP contribution is -2.37. The van der Waals surface area contributed by atoms with Gasteiger partial charge in [-0.25, -0.2) is 0 Å². The van der Waals surface area contributed by atoms with E-state index in [2.05, 4.69) is 0 Å². The second-order valence-corrected chi connectivity index (χ2v) is 5.43. The summed E-state index contributed by atoms with van der Waals surface area (Å²) in [6.07, 6.45) is 1.27. The van der Waals surface area contributed by atoms with Crippen molar-refractivity contribution in [1.29, 1.82) is 0 Å². The van der Waals surface area contributed by atoms with Crippen LogP contribution < -0.4 is 9.64 Å². The summed E-state index contributed by atoms with van der Waals surface area (Å²) in [6.45, 7) is 2.18. The smallest absolute Gasteiger partial charge is 0.311 e. The van der Waals surface area contributed by atoms with E-state index in [1.54, 1.807) is 18.9 Å². The Hall–Kier alpha value is -2.04. The lowest BCUT2D eigenvalue weighted by atomic mass is 10.1. The molecule has 1 aromatic rings. The Morgan fingerprint density at radius 3 is 2.67 bits per heavy atom. The third kappa shape index (κ3) is 2.37. The fourth-order valence-electron chi connectivity index (χ4n) is 3.25. The van der Waals surface area contributed by atoms with Crippen LogP contribution in [-0.4, -0.2) is 31.6 Å². The highest BCUT2D eigenvalue weighted by atomic mass is 16.5. The van der Waals surface area contributed by atoms with E-state index in [1.165, 1.54) is 0 Å². The van der Waals surface area contributed by atoms with Crippen molar-refractivity contribution in [3.63, 3.8) is 0 Å². The van der Waals surface area contributed by atoms with E-state index in [9.17, 15) is 9.59 Å². The van der Waals surface area contributed by atoms with Gasteiger partial charge in [-0.05, 0) is 43.5 Å². The van der Waals surface area contributed by atoms with Crippen molar-refractivity contribution in [2.45, 2.75) is 25.8 Å². The highest BCUT2D eigenvalue weighted by molar-refractivity contribution is 5.98. The first-order valence-corrected chi connectivity index (χ1v) is 7.30. The summed E-state index contributed by atoms with van der Waals surface area (Å²) in [5, 5.41) is 0. The number of hydrogen-bond acceptors (Lipinski definition) is 4. The molecule has 112 valence electrons. The number of hydrogen-bond donors (Lipinski definition) is 0. The first-order chi connectivity index (χ1) is 10.2. The molecule has 1 saturated carbocycles. The zero-order valence-corrected chi connectivity index (χ0v) is 12.2. The van der Waals surface area contributed by atoms with E-state index < -0.39 is 0 Å². The van der Waals surface area contributed by atoms with Gasteiger partial charge in [-0.2, -0.15) is 0 Å². The van der Waals surface area contributed by atoms with Crippen LogP contribution in [0.4, 0.5) is 5.69 Å². The molecule has 1 aromatic carbocycles. The number of carbonyl (C=O) groups is 2. The van der Waals surface area contributed by atoms with Gasteiger partial charge in [0.2, 0.25) is 5.91 Å². The second-order valence-electron chi connectivity index (χ2n) is 5.43. The molecule has 0 N–H and O–H groups in total. The number of benzene rings is 1. The van der Waals surface area contributed by atoms with Crippen LogP contribution in [0.15, 0.2) is 24.3 Å². The maximum absolute atomic E-state index is 12.3. The molecule has 0 unspecified atom stereocenters. The summed E-state index contributed by atoms with van der Waals surface area (Å²) in [7, 11) is 1.61. The van der Waals surface area contributed by atoms with Crippen molar-refractivity contribution in [3.8, 4) is 5.75 Å². The molecule has 1 amide bonds. The molecule has 1 aliphatic carbocycles. The van der Waals surface area contributed by atoms with Crippen molar-refractivity contribution in [1.82, 2.24) is 0 Å². The van der Waals surface area contributed by atoms with Gasteiger partial charge >= 0.3 is 5.97 Å². The van der Waals surface area contributed by atoms with Crippen LogP contribution in [0.3, 0.4) is 0 Å². The third-order valence-electron chi connectivity index (χ3n) is 4.29. The predicted octanol–water partition coefficient (Wildman–Crippen LogP) is 2.00. The number of rotatable bonds is 4. The van der Waals surface area contributed by atoms with Crippen molar-refractivity contribution >= 4 is 17.6 Å². The molecule has 0 radical (unpaired) electrons. The fraction of sp³-hybridized carbons (Fsp3) is 0.500. The zero-order chi connectivity index (χ0) is 15.0. The van der Waals surface area contributed by atoms with Crippen molar-refractivity contribution in [2.24, 2.45) is 11.8 Å². The number of carbonyl (C=O) groups excluding carboxylic acids is 2. The van der Waals surface area contributed by atoms with Gasteiger partial charge in [-0.3, -0.25) is 9.59 Å². The number of nitrogens with zero attached hydrogens (tertiary/aromatic N) is 1. The fourth-order valence-corrected chi connectivity index (χ4v) is 3.25. The Labute approximate surface area is 123 Å². The van der Waals surface area contributed by atoms with E-state index >= 15 is 0 Å². The number of fused-ring (bicyclic) bond motifs is 1. The van der Waals surface area contributed by atoms with Crippen molar-refractivity contribution in [2.75, 3.05) is 18.6 Å². The third-order valence-corrected chi connectivity index (χ3v) is 4.29. The monoisotopic (exact) mass is 289 g/mol. The Kier molecular flexibility index (Phi) is 3.57. The molecule has 1 saturated heterocycles. The summed E-state index contributed by atoms with van der Waals surface area (Å²) < 4.78 is 10.3. The minimum absolute atomic E-state index is 0.0429. The van der Waals surface area contributed by atoms with Crippen LogP contribution >= 0.6 is 0 Å². The lowest BCUT2D eigenvalue weighted by Gasteiger charge is -2.26. The van der Waals surface area contributed by atoms with E-state index in [0.717, 1.165) is 17.9 Å². The zero-order valence-electron chi connectivity index (χ0n) is 12.2. The molecular weight excluding hydrogens is 270 g/mol. The summed E-state index contributed by atoms with van der Waals surface area (Å²) in [4.78, 5) is 26.0. The average Bonchev–Trinajstić information content (AvgIpc) is 3.22. The van der Waals surface area contributed by atoms with E-state index in [-0.39, 0.29) is 29.8 Å². The Bertz CT molecular complexity index is 554. The molecule has 2 aliphatic rings. The second kappa shape index (κ2) is 5.39. The molecule has 0 aromatic heterocycles. The summed E-state index contributed by atoms with van der Waals surface area (Å²) in [5.41, 5.74) is 0.822. The molecule has 3 atom stereocenters. The molecule has 5 nitrogen and oxygen atoms in total. The van der Waals surface area contributed by atoms with Crippen LogP contribution in [0.2, 0.25) is 0 Å². The molecule has 1 heterocycles. The molecular formula is C16H19NO4. The SMILES string of the molecule is CCOC(=O)[C@H]1[C@@H]2CCC(=O)N(c3ccc(OC)cc3)[C@@H]21. The Morgan fingerprint density at radius 1 is 1.33 bits per heavy atom. The number of methoxy groups -OCH3 is 1. The van der Waals surface area contributed by atoms with E-state index in [4.69, 9.17) is 9.47 Å². The first kappa shape index (κ1) is 13.9. The van der Waals surface area contributed by atoms with Crippen LogP contribution in [-0.2, 0) is 14.3 Å². The standard InChI is InChI=1S/C16H19NO4/c1-3-21-16(19)14-12-8-9-13(18)17(15(12)14)10-4-6-11(20-2)7-5-10/h4-7,12,14-15H,3,8-9H2,1-2H3/t12-,14-,15-/m0/s1. The highest BCUT2D eigenvalue weighted by Crippen LogP contribution is 2.51. The van der Waals surface area contributed by atoms with Gasteiger partial charge in [0.05, 0.1) is 25.7 Å². The Morgan fingerprint density at radius 2 is 2.05 bits per heavy atom. The minimum atomic E-state index is -0.180. The van der Waals surface area contributed by atoms with Crippen LogP contribution in [0, 0.1) is 11.8 Å². The van der Waals surface area contributed by atoms with Crippen molar-refractivity contribution < 1.29 is 19.1 Å². The molecule has 0 bridgehead atoms. The largest absolute Gasteiger partial charge is 0.497 e. The number of esters is 1. The van der Waals surface area contributed by atoms with Gasteiger partial charge in [0.1, 0.15) is 5.75 Å². The number of piperidine rings is 1. The summed E-state index contributed by atoms with van der Waals surface area (Å²) in [6, 6.07) is 7.33. The van der Waals surface area contributed by atoms with Gasteiger partial charge < -0.3 is 14.4 Å². The Balaban J connectivity index is 1.82. The van der Waals surface area contributed by atoms with Gasteiger partial charge in [0, 0.05) is 12.1 Å². The molecule has 21 heavy (non-hydrogen) atoms. The number of amides is 1. The maximum Gasteiger partial charge on any atom is 0.311 e. The molecule has 0 spiro atoms. The quantitative estimate of drug-likeness (QED) is 0.796. The molecule has 5 heteroatoms. The summed E-state index contributed by atoms with van der Waals surface area (Å²) >= 11 is 0. The van der Waals surface area contributed by atoms with E-state index in [0.29, 0.717) is 13.0 Å². The van der Waals surface area contributed by atoms with Crippen LogP contribution in [0.25, 0.3) is 0 Å². The van der Waals surface area contributed by atoms with Gasteiger partial charge in [-0.15, -0.1) is 0 Å². The van der Waals surface area contributed by atoms with Gasteiger partial charge in [0.15, 0.2) is 0 Å². The van der Waals surface area contributed by atoms with Gasteiger partial charge in [-0.1, -0.05) is 0 Å². The lowest BCUT2D eigenvalue weighted by molar-refractivity contribution is -0.145. The van der Waals surface area contributed by atoms with Crippen LogP contribution in [0.1, 0.15) is 19.8 Å². The first-order valence-electron chi connectivity index (χ1n) is 7.30. The summed E-state index contributed by atoms with van der Waals surface area (Å²) in [5.74, 6) is 0.716. The topological polar surface area (TPSA) is 55.8 Å². The average molecular weight is 289 g/mol. The van der Waals surface area contributed by atoms with Crippen LogP contribution in [0.5, 0.6) is 5.75 Å². The normalized spacial score (nSPS) is 27.0. The minimum Gasteiger partial charge on any atom is -0.497 e. The molecule has 1 aliphatic heterocycles. The van der Waals surface area contributed by atoms with E-state index in [1.807, 2.05) is 24.3 Å². The number of ether oxygens (including phenoxy) is 2. The molecule has 3 rings (SSSR count). The predicted molar refractivity (Wildman–Crippen MR) is 77.1 cm³/mol. The maximum atomic E-state index is 12.3. The number of anilines is 1. The molecule has 2 fully saturated rings.